The predicted octanol–water partition coefficient (Wildman–Crippen LogP) is 3.30. The molecule has 2 aromatic heterocycles. The number of amidine groups is 1. The highest BCUT2D eigenvalue weighted by molar-refractivity contribution is 6.01. The van der Waals surface area contributed by atoms with Crippen LogP contribution in [0.5, 0.6) is 5.75 Å². The minimum Gasteiger partial charge on any atom is -0.507 e. The van der Waals surface area contributed by atoms with Gasteiger partial charge in [0.15, 0.2) is 5.69 Å². The third-order valence-electron chi connectivity index (χ3n) is 7.22. The third kappa shape index (κ3) is 6.02. The zero-order valence-electron chi connectivity index (χ0n) is 22.1. The van der Waals surface area contributed by atoms with Crippen molar-refractivity contribution < 1.29 is 5.11 Å². The van der Waals surface area contributed by atoms with Crippen molar-refractivity contribution in [2.24, 2.45) is 10.7 Å². The first kappa shape index (κ1) is 25.8. The number of rotatable bonds is 7. The summed E-state index contributed by atoms with van der Waals surface area (Å²) in [5.41, 5.74) is 10.0. The van der Waals surface area contributed by atoms with Gasteiger partial charge in [-0.2, -0.15) is 0 Å². The van der Waals surface area contributed by atoms with Crippen molar-refractivity contribution in [2.75, 3.05) is 36.4 Å². The summed E-state index contributed by atoms with van der Waals surface area (Å²) >= 11 is 0. The third-order valence-corrected chi connectivity index (χ3v) is 7.22. The highest BCUT2D eigenvalue weighted by Crippen LogP contribution is 2.30. The summed E-state index contributed by atoms with van der Waals surface area (Å²) < 4.78 is 0. The first-order valence-electron chi connectivity index (χ1n) is 13.5. The molecule has 4 heterocycles. The fourth-order valence-electron chi connectivity index (χ4n) is 5.16. The van der Waals surface area contributed by atoms with Crippen LogP contribution < -0.4 is 21.3 Å². The van der Waals surface area contributed by atoms with Crippen molar-refractivity contribution >= 4 is 17.5 Å². The molecule has 5 rings (SSSR count). The number of aromatic nitrogens is 4. The molecule has 5 N–H and O–H groups in total. The van der Waals surface area contributed by atoms with Gasteiger partial charge in [-0.3, -0.25) is 4.99 Å². The molecule has 0 atom stereocenters. The average molecular weight is 516 g/mol. The maximum Gasteiger partial charge on any atom is 0.225 e. The second-order valence-corrected chi connectivity index (χ2v) is 10.4. The minimum atomic E-state index is 0.0342. The quantitative estimate of drug-likeness (QED) is 0.276. The van der Waals surface area contributed by atoms with E-state index in [1.165, 1.54) is 5.56 Å². The maximum atomic E-state index is 10.3. The number of nitrogens with one attached hydrogen (secondary N) is 2. The van der Waals surface area contributed by atoms with E-state index in [1.807, 2.05) is 44.4 Å². The Morgan fingerprint density at radius 1 is 1.08 bits per heavy atom. The molecule has 10 nitrogen and oxygen atoms in total. The Kier molecular flexibility index (Phi) is 7.97. The van der Waals surface area contributed by atoms with Gasteiger partial charge in [0, 0.05) is 43.1 Å². The van der Waals surface area contributed by atoms with Gasteiger partial charge in [-0.25, -0.2) is 9.97 Å². The number of anilines is 2. The number of nitrogens with zero attached hydrogens (tertiary/aromatic N) is 6. The Balaban J connectivity index is 1.29. The number of benzene rings is 1. The SMILES string of the molecule is CC(C)N=C(N)c1nnc(-c2ccccc2O)cc1NC1CCN(c2ncc(C3CCNCC3)cn2)CC1. The van der Waals surface area contributed by atoms with Gasteiger partial charge in [0.1, 0.15) is 11.6 Å². The van der Waals surface area contributed by atoms with Crippen LogP contribution in [-0.4, -0.2) is 69.4 Å². The zero-order valence-corrected chi connectivity index (χ0v) is 22.1. The largest absolute Gasteiger partial charge is 0.507 e. The average Bonchev–Trinajstić information content (AvgIpc) is 2.94. The van der Waals surface area contributed by atoms with Crippen LogP contribution >= 0.6 is 0 Å². The van der Waals surface area contributed by atoms with Gasteiger partial charge in [-0.1, -0.05) is 12.1 Å². The fraction of sp³-hybridized carbons (Fsp3) is 0.464. The predicted molar refractivity (Wildman–Crippen MR) is 151 cm³/mol. The summed E-state index contributed by atoms with van der Waals surface area (Å²) in [5, 5.41) is 26.2. The van der Waals surface area contributed by atoms with E-state index in [0.717, 1.165) is 63.5 Å². The molecule has 0 spiro atoms. The summed E-state index contributed by atoms with van der Waals surface area (Å²) in [4.78, 5) is 16.1. The van der Waals surface area contributed by atoms with Crippen LogP contribution in [0.4, 0.5) is 11.6 Å². The number of phenols is 1. The molecule has 0 radical (unpaired) electrons. The van der Waals surface area contributed by atoms with E-state index >= 15 is 0 Å². The lowest BCUT2D eigenvalue weighted by atomic mass is 9.92. The number of nitrogens with two attached hydrogens (primary N) is 1. The Labute approximate surface area is 223 Å². The van der Waals surface area contributed by atoms with Gasteiger partial charge in [-0.15, -0.1) is 10.2 Å². The summed E-state index contributed by atoms with van der Waals surface area (Å²) in [6.07, 6.45) is 8.12. The Hall–Kier alpha value is -3.79. The molecule has 0 unspecified atom stereocenters. The van der Waals surface area contributed by atoms with Gasteiger partial charge in [-0.05, 0) is 82.3 Å². The maximum absolute atomic E-state index is 10.3. The second kappa shape index (κ2) is 11.7. The lowest BCUT2D eigenvalue weighted by Gasteiger charge is -2.33. The van der Waals surface area contributed by atoms with Gasteiger partial charge in [0.05, 0.1) is 11.4 Å². The Bertz CT molecular complexity index is 1250. The number of para-hydroxylation sites is 1. The smallest absolute Gasteiger partial charge is 0.225 e. The van der Waals surface area contributed by atoms with E-state index in [4.69, 9.17) is 15.7 Å². The number of piperidine rings is 2. The van der Waals surface area contributed by atoms with Gasteiger partial charge >= 0.3 is 0 Å². The van der Waals surface area contributed by atoms with Crippen molar-refractivity contribution in [1.82, 2.24) is 25.5 Å². The molecule has 2 fully saturated rings. The van der Waals surface area contributed by atoms with E-state index in [9.17, 15) is 5.11 Å². The Morgan fingerprint density at radius 2 is 1.79 bits per heavy atom. The lowest BCUT2D eigenvalue weighted by molar-refractivity contribution is 0.458. The van der Waals surface area contributed by atoms with Crippen LogP contribution in [0.3, 0.4) is 0 Å². The number of phenolic OH excluding ortho intramolecular Hbond substituents is 1. The molecule has 38 heavy (non-hydrogen) atoms. The van der Waals surface area contributed by atoms with Crippen LogP contribution in [0.1, 0.15) is 56.7 Å². The van der Waals surface area contributed by atoms with Crippen molar-refractivity contribution in [3.63, 3.8) is 0 Å². The van der Waals surface area contributed by atoms with Crippen LogP contribution in [0, 0.1) is 0 Å². The standard InChI is InChI=1S/C28H37N9O/c1-18(2)33-27(29)26-24(15-23(35-36-26)22-5-3-4-6-25(22)38)34-21-9-13-37(14-10-21)28-31-16-20(17-32-28)19-7-11-30-12-8-19/h3-6,15-19,21,30,38H,7-14H2,1-2H3,(H2,29,33)(H,34,35). The van der Waals surface area contributed by atoms with Crippen LogP contribution in [0.15, 0.2) is 47.7 Å². The number of aromatic hydroxyl groups is 1. The molecule has 3 aromatic rings. The topological polar surface area (TPSA) is 137 Å². The first-order chi connectivity index (χ1) is 18.5. The van der Waals surface area contributed by atoms with Gasteiger partial charge < -0.3 is 26.4 Å². The molecule has 0 saturated carbocycles. The van der Waals surface area contributed by atoms with Gasteiger partial charge in [0.25, 0.3) is 0 Å². The molecule has 200 valence electrons. The van der Waals surface area contributed by atoms with Crippen LogP contribution in [0.2, 0.25) is 0 Å². The molecule has 2 saturated heterocycles. The minimum absolute atomic E-state index is 0.0342. The summed E-state index contributed by atoms with van der Waals surface area (Å²) in [6, 6.07) is 9.26. The van der Waals surface area contributed by atoms with Crippen molar-refractivity contribution in [3.05, 3.63) is 54.0 Å². The number of hydrogen-bond donors (Lipinski definition) is 4. The van der Waals surface area contributed by atoms with Crippen molar-refractivity contribution in [3.8, 4) is 17.0 Å². The molecular formula is C28H37N9O. The summed E-state index contributed by atoms with van der Waals surface area (Å²) in [6.45, 7) is 7.76. The first-order valence-corrected chi connectivity index (χ1v) is 13.5. The monoisotopic (exact) mass is 515 g/mol. The van der Waals surface area contributed by atoms with Crippen LogP contribution in [0.25, 0.3) is 11.3 Å². The molecule has 0 bridgehead atoms. The second-order valence-electron chi connectivity index (χ2n) is 10.4. The lowest BCUT2D eigenvalue weighted by Crippen LogP contribution is -2.40. The van der Waals surface area contributed by atoms with E-state index in [-0.39, 0.29) is 17.8 Å². The molecule has 0 amide bonds. The molecular weight excluding hydrogens is 478 g/mol. The normalized spacial score (nSPS) is 17.7. The highest BCUT2D eigenvalue weighted by Gasteiger charge is 2.24. The summed E-state index contributed by atoms with van der Waals surface area (Å²) in [5.74, 6) is 1.85. The zero-order chi connectivity index (χ0) is 26.5. The van der Waals surface area contributed by atoms with Gasteiger partial charge in [0.2, 0.25) is 5.95 Å². The molecule has 10 heteroatoms. The molecule has 1 aromatic carbocycles. The fourth-order valence-corrected chi connectivity index (χ4v) is 5.16. The number of hydrogen-bond acceptors (Lipinski definition) is 9. The van der Waals surface area contributed by atoms with Crippen LogP contribution in [-0.2, 0) is 0 Å². The summed E-state index contributed by atoms with van der Waals surface area (Å²) in [7, 11) is 0. The van der Waals surface area contributed by atoms with E-state index in [1.54, 1.807) is 12.1 Å². The highest BCUT2D eigenvalue weighted by atomic mass is 16.3. The molecule has 0 aliphatic carbocycles. The number of aliphatic imine (C=N–C) groups is 1. The van der Waals surface area contributed by atoms with E-state index < -0.39 is 0 Å². The van der Waals surface area contributed by atoms with Crippen molar-refractivity contribution in [2.45, 2.75) is 57.5 Å². The van der Waals surface area contributed by atoms with E-state index in [2.05, 4.69) is 30.7 Å². The van der Waals surface area contributed by atoms with E-state index in [0.29, 0.717) is 28.7 Å². The van der Waals surface area contributed by atoms with Crippen molar-refractivity contribution in [1.29, 1.82) is 0 Å². The molecule has 2 aliphatic heterocycles. The Morgan fingerprint density at radius 3 is 2.47 bits per heavy atom. The molecule has 2 aliphatic rings.